The first kappa shape index (κ1) is 12.6. The van der Waals surface area contributed by atoms with Gasteiger partial charge in [0.2, 0.25) is 0 Å². The monoisotopic (exact) mass is 261 g/mol. The molecule has 3 rings (SSSR count). The van der Waals surface area contributed by atoms with Crippen molar-refractivity contribution in [2.24, 2.45) is 5.92 Å². The van der Waals surface area contributed by atoms with E-state index in [1.54, 1.807) is 4.90 Å². The molecule has 1 aromatic rings. The zero-order valence-corrected chi connectivity index (χ0v) is 11.6. The number of anilines is 1. The Labute approximate surface area is 113 Å². The minimum absolute atomic E-state index is 0.0840. The maximum absolute atomic E-state index is 12.7. The van der Waals surface area contributed by atoms with Crippen LogP contribution in [-0.4, -0.2) is 25.7 Å². The van der Waals surface area contributed by atoms with Gasteiger partial charge >= 0.3 is 0 Å². The van der Waals surface area contributed by atoms with Gasteiger partial charge < -0.3 is 14.4 Å². The van der Waals surface area contributed by atoms with E-state index in [0.717, 1.165) is 16.8 Å². The van der Waals surface area contributed by atoms with Crippen LogP contribution < -0.4 is 4.90 Å². The molecule has 1 aromatic carbocycles. The molecule has 2 heterocycles. The second-order valence-electron chi connectivity index (χ2n) is 5.64. The number of hydrogen-bond donors (Lipinski definition) is 0. The van der Waals surface area contributed by atoms with Crippen LogP contribution in [-0.2, 0) is 20.1 Å². The van der Waals surface area contributed by atoms with Crippen LogP contribution in [0.25, 0.3) is 0 Å². The molecule has 0 N–H and O–H groups in total. The van der Waals surface area contributed by atoms with Crippen molar-refractivity contribution < 1.29 is 14.3 Å². The lowest BCUT2D eigenvalue weighted by atomic mass is 10.0. The summed E-state index contributed by atoms with van der Waals surface area (Å²) in [6.07, 6.45) is 0. The van der Waals surface area contributed by atoms with Crippen molar-refractivity contribution >= 4 is 11.6 Å². The van der Waals surface area contributed by atoms with Crippen molar-refractivity contribution in [3.63, 3.8) is 0 Å². The first-order valence-corrected chi connectivity index (χ1v) is 6.75. The number of rotatable bonds is 2. The van der Waals surface area contributed by atoms with Gasteiger partial charge in [0, 0.05) is 12.1 Å². The van der Waals surface area contributed by atoms with Gasteiger partial charge in [-0.2, -0.15) is 0 Å². The molecule has 2 aliphatic heterocycles. The maximum Gasteiger partial charge on any atom is 0.292 e. The molecule has 102 valence electrons. The summed E-state index contributed by atoms with van der Waals surface area (Å²) >= 11 is 0. The summed E-state index contributed by atoms with van der Waals surface area (Å²) in [6.45, 7) is 7.83. The van der Waals surface area contributed by atoms with Crippen LogP contribution in [0.3, 0.4) is 0 Å². The number of ether oxygens (including phenoxy) is 2. The molecule has 1 saturated heterocycles. The number of carbonyl (C=O) groups is 1. The van der Waals surface area contributed by atoms with Crippen LogP contribution in [0.15, 0.2) is 18.2 Å². The average Bonchev–Trinajstić information content (AvgIpc) is 2.92. The second-order valence-corrected chi connectivity index (χ2v) is 5.64. The summed E-state index contributed by atoms with van der Waals surface area (Å²) in [7, 11) is 0. The summed E-state index contributed by atoms with van der Waals surface area (Å²) in [5, 5.41) is 0. The quantitative estimate of drug-likeness (QED) is 0.819. The molecule has 19 heavy (non-hydrogen) atoms. The van der Waals surface area contributed by atoms with Crippen LogP contribution in [0.4, 0.5) is 5.69 Å². The largest absolute Gasteiger partial charge is 0.336 e. The van der Waals surface area contributed by atoms with Crippen LogP contribution in [0.5, 0.6) is 0 Å². The first-order chi connectivity index (χ1) is 9.04. The Morgan fingerprint density at radius 3 is 2.63 bits per heavy atom. The van der Waals surface area contributed by atoms with Crippen molar-refractivity contribution in [1.29, 1.82) is 0 Å². The Kier molecular flexibility index (Phi) is 2.87. The molecule has 1 fully saturated rings. The van der Waals surface area contributed by atoms with E-state index < -0.39 is 5.79 Å². The molecule has 0 saturated carbocycles. The standard InChI is InChI=1S/C15H19NO3/c1-10(2)9-16-13-5-4-11(3)8-12(13)15(14(16)17)18-6-7-19-15/h4-5,8,10H,6-7,9H2,1-3H3. The Morgan fingerprint density at radius 1 is 1.32 bits per heavy atom. The zero-order chi connectivity index (χ0) is 13.6. The molecule has 0 atom stereocenters. The Morgan fingerprint density at radius 2 is 2.00 bits per heavy atom. The van der Waals surface area contributed by atoms with Crippen molar-refractivity contribution in [2.75, 3.05) is 24.7 Å². The summed E-state index contributed by atoms with van der Waals surface area (Å²) in [5.41, 5.74) is 2.89. The Balaban J connectivity index is 2.11. The lowest BCUT2D eigenvalue weighted by molar-refractivity contribution is -0.180. The average molecular weight is 261 g/mol. The first-order valence-electron chi connectivity index (χ1n) is 6.75. The molecule has 0 aliphatic carbocycles. The van der Waals surface area contributed by atoms with Gasteiger partial charge in [-0.15, -0.1) is 0 Å². The smallest absolute Gasteiger partial charge is 0.292 e. The Hall–Kier alpha value is -1.39. The highest BCUT2D eigenvalue weighted by molar-refractivity contribution is 6.06. The van der Waals surface area contributed by atoms with Crippen LogP contribution in [0, 0.1) is 12.8 Å². The topological polar surface area (TPSA) is 38.8 Å². The molecular formula is C15H19NO3. The predicted molar refractivity (Wildman–Crippen MR) is 72.0 cm³/mol. The van der Waals surface area contributed by atoms with E-state index in [4.69, 9.17) is 9.47 Å². The number of hydrogen-bond acceptors (Lipinski definition) is 3. The van der Waals surface area contributed by atoms with Gasteiger partial charge in [0.15, 0.2) is 0 Å². The molecule has 0 unspecified atom stereocenters. The molecule has 0 aromatic heterocycles. The van der Waals surface area contributed by atoms with Gasteiger partial charge in [0.1, 0.15) is 0 Å². The highest BCUT2D eigenvalue weighted by Gasteiger charge is 2.55. The third-order valence-electron chi connectivity index (χ3n) is 3.57. The summed E-state index contributed by atoms with van der Waals surface area (Å²) in [4.78, 5) is 14.5. The van der Waals surface area contributed by atoms with Crippen LogP contribution in [0.2, 0.25) is 0 Å². The number of aryl methyl sites for hydroxylation is 1. The van der Waals surface area contributed by atoms with Gasteiger partial charge in [0.05, 0.1) is 18.9 Å². The van der Waals surface area contributed by atoms with E-state index in [9.17, 15) is 4.79 Å². The minimum atomic E-state index is -1.18. The minimum Gasteiger partial charge on any atom is -0.336 e. The lowest BCUT2D eigenvalue weighted by Gasteiger charge is -2.23. The van der Waals surface area contributed by atoms with Gasteiger partial charge in [-0.1, -0.05) is 25.5 Å². The highest BCUT2D eigenvalue weighted by atomic mass is 16.7. The van der Waals surface area contributed by atoms with Crippen molar-refractivity contribution in [1.82, 2.24) is 0 Å². The SMILES string of the molecule is Cc1ccc2c(c1)C1(OCCO1)C(=O)N2CC(C)C. The van der Waals surface area contributed by atoms with Gasteiger partial charge in [-0.05, 0) is 25.0 Å². The number of fused-ring (bicyclic) bond motifs is 2. The van der Waals surface area contributed by atoms with Crippen LogP contribution in [0.1, 0.15) is 25.0 Å². The zero-order valence-electron chi connectivity index (χ0n) is 11.6. The maximum atomic E-state index is 12.7. The normalized spacial score (nSPS) is 20.6. The fourth-order valence-corrected chi connectivity index (χ4v) is 2.79. The molecule has 0 radical (unpaired) electrons. The summed E-state index contributed by atoms with van der Waals surface area (Å²) in [5.74, 6) is -0.870. The van der Waals surface area contributed by atoms with E-state index in [0.29, 0.717) is 25.7 Å². The third kappa shape index (κ3) is 1.78. The lowest BCUT2D eigenvalue weighted by Crippen LogP contribution is -2.42. The van der Waals surface area contributed by atoms with E-state index in [2.05, 4.69) is 13.8 Å². The predicted octanol–water partition coefficient (Wildman–Crippen LogP) is 2.20. The molecule has 1 spiro atoms. The molecule has 4 nitrogen and oxygen atoms in total. The summed E-state index contributed by atoms with van der Waals surface area (Å²) < 4.78 is 11.4. The van der Waals surface area contributed by atoms with Crippen molar-refractivity contribution in [2.45, 2.75) is 26.6 Å². The third-order valence-corrected chi connectivity index (χ3v) is 3.57. The number of nitrogens with zero attached hydrogens (tertiary/aromatic N) is 1. The second kappa shape index (κ2) is 4.32. The van der Waals surface area contributed by atoms with E-state index in [1.165, 1.54) is 0 Å². The molecular weight excluding hydrogens is 242 g/mol. The number of benzene rings is 1. The van der Waals surface area contributed by atoms with Crippen LogP contribution >= 0.6 is 0 Å². The molecule has 1 amide bonds. The fourth-order valence-electron chi connectivity index (χ4n) is 2.79. The van der Waals surface area contributed by atoms with Crippen molar-refractivity contribution in [3.05, 3.63) is 29.3 Å². The van der Waals surface area contributed by atoms with E-state index in [-0.39, 0.29) is 5.91 Å². The molecule has 2 aliphatic rings. The highest BCUT2D eigenvalue weighted by Crippen LogP contribution is 2.46. The van der Waals surface area contributed by atoms with Gasteiger partial charge in [-0.3, -0.25) is 4.79 Å². The molecule has 0 bridgehead atoms. The number of carbonyl (C=O) groups excluding carboxylic acids is 1. The molecule has 4 heteroatoms. The van der Waals surface area contributed by atoms with E-state index >= 15 is 0 Å². The fraction of sp³-hybridized carbons (Fsp3) is 0.533. The number of amides is 1. The van der Waals surface area contributed by atoms with Crippen molar-refractivity contribution in [3.8, 4) is 0 Å². The van der Waals surface area contributed by atoms with E-state index in [1.807, 2.05) is 25.1 Å². The Bertz CT molecular complexity index is 518. The van der Waals surface area contributed by atoms with Gasteiger partial charge in [0.25, 0.3) is 11.7 Å². The summed E-state index contributed by atoms with van der Waals surface area (Å²) in [6, 6.07) is 6.01. The van der Waals surface area contributed by atoms with Gasteiger partial charge in [-0.25, -0.2) is 0 Å².